The maximum absolute atomic E-state index is 12.3. The lowest BCUT2D eigenvalue weighted by molar-refractivity contribution is -0.131. The molecule has 2 aliphatic rings. The molecular weight excluding hydrogens is 276 g/mol. The SMILES string of the molecule is CC(C)C(C)(C)[Si](C)(C)O[C@@H]1C[C@]2(C)CC(=O)C(C)(C)[C@H]12. The van der Waals surface area contributed by atoms with Crippen molar-refractivity contribution in [3.8, 4) is 0 Å². The van der Waals surface area contributed by atoms with Crippen LogP contribution in [0.4, 0.5) is 0 Å². The Morgan fingerprint density at radius 3 is 2.19 bits per heavy atom. The molecule has 2 rings (SSSR count). The average molecular weight is 311 g/mol. The number of carbonyl (C=O) groups excluding carboxylic acids is 1. The molecule has 0 aromatic rings. The van der Waals surface area contributed by atoms with Crippen molar-refractivity contribution in [3.05, 3.63) is 0 Å². The number of carbonyl (C=O) groups is 1. The van der Waals surface area contributed by atoms with E-state index in [0.717, 1.165) is 12.8 Å². The molecule has 21 heavy (non-hydrogen) atoms. The highest BCUT2D eigenvalue weighted by Gasteiger charge is 2.66. The van der Waals surface area contributed by atoms with E-state index in [2.05, 4.69) is 61.6 Å². The number of hydrogen-bond donors (Lipinski definition) is 0. The van der Waals surface area contributed by atoms with Crippen molar-refractivity contribution >= 4 is 14.1 Å². The molecule has 0 N–H and O–H groups in total. The van der Waals surface area contributed by atoms with E-state index < -0.39 is 8.32 Å². The predicted molar refractivity (Wildman–Crippen MR) is 90.9 cm³/mol. The third-order valence-electron chi connectivity index (χ3n) is 7.29. The maximum Gasteiger partial charge on any atom is 0.192 e. The summed E-state index contributed by atoms with van der Waals surface area (Å²) in [5, 5.41) is 0.242. The lowest BCUT2D eigenvalue weighted by Gasteiger charge is -2.56. The second-order valence-corrected chi connectivity index (χ2v) is 14.2. The van der Waals surface area contributed by atoms with E-state index in [9.17, 15) is 4.79 Å². The molecule has 0 bridgehead atoms. The highest BCUT2D eigenvalue weighted by molar-refractivity contribution is 6.74. The van der Waals surface area contributed by atoms with Gasteiger partial charge in [-0.1, -0.05) is 48.5 Å². The van der Waals surface area contributed by atoms with E-state index in [0.29, 0.717) is 17.6 Å². The van der Waals surface area contributed by atoms with Crippen molar-refractivity contribution < 1.29 is 9.22 Å². The van der Waals surface area contributed by atoms with E-state index in [4.69, 9.17) is 4.43 Å². The van der Waals surface area contributed by atoms with Crippen molar-refractivity contribution in [1.29, 1.82) is 0 Å². The molecule has 0 radical (unpaired) electrons. The molecule has 0 aromatic carbocycles. The number of fused-ring (bicyclic) bond motifs is 1. The summed E-state index contributed by atoms with van der Waals surface area (Å²) in [5.41, 5.74) is -0.0121. The van der Waals surface area contributed by atoms with Gasteiger partial charge in [-0.2, -0.15) is 0 Å². The molecule has 0 aliphatic heterocycles. The molecule has 3 atom stereocenters. The van der Waals surface area contributed by atoms with Crippen molar-refractivity contribution in [1.82, 2.24) is 0 Å². The van der Waals surface area contributed by atoms with Crippen LogP contribution in [0.25, 0.3) is 0 Å². The smallest absolute Gasteiger partial charge is 0.192 e. The molecule has 2 fully saturated rings. The second-order valence-electron chi connectivity index (χ2n) is 9.70. The zero-order chi connectivity index (χ0) is 16.4. The first-order chi connectivity index (χ1) is 9.26. The van der Waals surface area contributed by atoms with Gasteiger partial charge in [-0.25, -0.2) is 0 Å². The molecule has 3 heteroatoms. The molecule has 0 amide bonds. The Bertz CT molecular complexity index is 450. The molecule has 0 unspecified atom stereocenters. The quantitative estimate of drug-likeness (QED) is 0.680. The second kappa shape index (κ2) is 4.67. The molecule has 0 spiro atoms. The van der Waals surface area contributed by atoms with E-state index in [1.54, 1.807) is 0 Å². The van der Waals surface area contributed by atoms with E-state index >= 15 is 0 Å². The molecule has 0 saturated heterocycles. The fraction of sp³-hybridized carbons (Fsp3) is 0.944. The highest BCUT2D eigenvalue weighted by atomic mass is 28.4. The number of Topliss-reactive ketones (excluding diaryl/α,β-unsaturated/α-hetero) is 1. The van der Waals surface area contributed by atoms with Gasteiger partial charge in [-0.3, -0.25) is 4.79 Å². The summed E-state index contributed by atoms with van der Waals surface area (Å²) in [7, 11) is -1.82. The van der Waals surface area contributed by atoms with Crippen molar-refractivity contribution in [2.75, 3.05) is 0 Å². The first-order valence-corrected chi connectivity index (χ1v) is 11.4. The number of rotatable bonds is 4. The Hall–Kier alpha value is -0.153. The zero-order valence-electron chi connectivity index (χ0n) is 15.5. The van der Waals surface area contributed by atoms with Crippen LogP contribution < -0.4 is 0 Å². The third kappa shape index (κ3) is 2.35. The van der Waals surface area contributed by atoms with Gasteiger partial charge in [-0.15, -0.1) is 0 Å². The monoisotopic (exact) mass is 310 g/mol. The van der Waals surface area contributed by atoms with Gasteiger partial charge in [0.05, 0.1) is 0 Å². The van der Waals surface area contributed by atoms with Crippen molar-refractivity contribution in [3.63, 3.8) is 0 Å². The van der Waals surface area contributed by atoms with Crippen molar-refractivity contribution in [2.24, 2.45) is 22.7 Å². The van der Waals surface area contributed by atoms with Crippen LogP contribution in [-0.2, 0) is 9.22 Å². The number of ketones is 1. The summed E-state index contributed by atoms with van der Waals surface area (Å²) in [6, 6.07) is 0. The fourth-order valence-electron chi connectivity index (χ4n) is 4.61. The summed E-state index contributed by atoms with van der Waals surface area (Å²) in [4.78, 5) is 12.3. The largest absolute Gasteiger partial charge is 0.414 e. The van der Waals surface area contributed by atoms with E-state index in [-0.39, 0.29) is 22.0 Å². The van der Waals surface area contributed by atoms with Crippen LogP contribution in [0.2, 0.25) is 18.1 Å². The van der Waals surface area contributed by atoms with E-state index in [1.807, 2.05) is 0 Å². The molecular formula is C18H34O2Si. The fourth-order valence-corrected chi connectivity index (χ4v) is 7.28. The first-order valence-electron chi connectivity index (χ1n) is 8.47. The Balaban J connectivity index is 2.18. The van der Waals surface area contributed by atoms with Crippen LogP contribution in [-0.4, -0.2) is 20.2 Å². The van der Waals surface area contributed by atoms with Crippen LogP contribution in [0, 0.1) is 22.7 Å². The third-order valence-corrected chi connectivity index (χ3v) is 11.9. The Kier molecular flexibility index (Phi) is 3.83. The van der Waals surface area contributed by atoms with Gasteiger partial charge in [0.2, 0.25) is 0 Å². The van der Waals surface area contributed by atoms with Gasteiger partial charge >= 0.3 is 0 Å². The van der Waals surface area contributed by atoms with Gasteiger partial charge in [0.25, 0.3) is 0 Å². The lowest BCUT2D eigenvalue weighted by atomic mass is 9.56. The summed E-state index contributed by atoms with van der Waals surface area (Å²) in [6.07, 6.45) is 2.11. The summed E-state index contributed by atoms with van der Waals surface area (Å²) >= 11 is 0. The molecule has 0 aromatic heterocycles. The Morgan fingerprint density at radius 2 is 1.76 bits per heavy atom. The Morgan fingerprint density at radius 1 is 1.24 bits per heavy atom. The predicted octanol–water partition coefficient (Wildman–Crippen LogP) is 5.04. The standard InChI is InChI=1S/C18H34O2Si/c1-12(2)17(5,6)21(8,9)20-13-10-18(7)11-14(19)16(3,4)15(13)18/h12-13,15H,10-11H2,1-9H3/t13-,15+,18-/m1/s1. The highest BCUT2D eigenvalue weighted by Crippen LogP contribution is 2.65. The number of hydrogen-bond acceptors (Lipinski definition) is 2. The van der Waals surface area contributed by atoms with Crippen LogP contribution in [0.3, 0.4) is 0 Å². The first kappa shape index (κ1) is 17.2. The summed E-state index contributed by atoms with van der Waals surface area (Å²) in [6.45, 7) is 20.6. The normalized spacial score (nSPS) is 35.8. The Labute approximate surface area is 132 Å². The van der Waals surface area contributed by atoms with Crippen molar-refractivity contribution in [2.45, 2.75) is 85.5 Å². The van der Waals surface area contributed by atoms with Gasteiger partial charge in [-0.05, 0) is 35.9 Å². The molecule has 2 aliphatic carbocycles. The topological polar surface area (TPSA) is 26.3 Å². The minimum absolute atomic E-state index is 0.192. The van der Waals surface area contributed by atoms with Crippen LogP contribution >= 0.6 is 0 Å². The van der Waals surface area contributed by atoms with Gasteiger partial charge in [0.15, 0.2) is 8.32 Å². The van der Waals surface area contributed by atoms with Gasteiger partial charge in [0, 0.05) is 23.9 Å². The maximum atomic E-state index is 12.3. The van der Waals surface area contributed by atoms with E-state index in [1.165, 1.54) is 0 Å². The molecule has 122 valence electrons. The summed E-state index contributed by atoms with van der Waals surface area (Å²) < 4.78 is 6.75. The van der Waals surface area contributed by atoms with Gasteiger partial charge < -0.3 is 4.43 Å². The minimum atomic E-state index is -1.82. The van der Waals surface area contributed by atoms with Crippen LogP contribution in [0.1, 0.15) is 61.3 Å². The van der Waals surface area contributed by atoms with Crippen LogP contribution in [0.15, 0.2) is 0 Å². The molecule has 2 nitrogen and oxygen atoms in total. The summed E-state index contributed by atoms with van der Waals surface area (Å²) in [5.74, 6) is 1.46. The van der Waals surface area contributed by atoms with Crippen LogP contribution in [0.5, 0.6) is 0 Å². The molecule has 0 heterocycles. The average Bonchev–Trinajstić information content (AvgIpc) is 2.38. The zero-order valence-corrected chi connectivity index (χ0v) is 16.5. The molecule has 2 saturated carbocycles. The minimum Gasteiger partial charge on any atom is -0.414 e. The van der Waals surface area contributed by atoms with Gasteiger partial charge in [0.1, 0.15) is 5.78 Å². The lowest BCUT2D eigenvalue weighted by Crippen LogP contribution is -2.58.